The number of hydrogen-bond donors (Lipinski definition) is 3. The predicted octanol–water partition coefficient (Wildman–Crippen LogP) is 17.1. The van der Waals surface area contributed by atoms with E-state index in [1.807, 2.05) is 6.08 Å². The number of carbonyl (C=O) groups excluding carboxylic acids is 2. The van der Waals surface area contributed by atoms with Crippen LogP contribution in [0.5, 0.6) is 0 Å². The maximum Gasteiger partial charge on any atom is 0.305 e. The summed E-state index contributed by atoms with van der Waals surface area (Å²) in [5.41, 5.74) is 0. The van der Waals surface area contributed by atoms with Crippen LogP contribution in [0, 0.1) is 0 Å². The van der Waals surface area contributed by atoms with Gasteiger partial charge in [-0.2, -0.15) is 0 Å². The number of rotatable bonds is 52. The minimum absolute atomic E-state index is 0.0140. The molecule has 0 aromatic rings. The first kappa shape index (κ1) is 61.3. The summed E-state index contributed by atoms with van der Waals surface area (Å²) in [6, 6.07) is -0.648. The van der Waals surface area contributed by atoms with Crippen molar-refractivity contribution in [2.45, 2.75) is 315 Å². The van der Waals surface area contributed by atoms with Gasteiger partial charge in [0.05, 0.1) is 25.4 Å². The molecule has 0 aromatic heterocycles. The number of nitrogens with one attached hydrogen (secondary N) is 1. The first-order valence-corrected chi connectivity index (χ1v) is 28.1. The Morgan fingerprint density at radius 3 is 1.14 bits per heavy atom. The van der Waals surface area contributed by atoms with Crippen LogP contribution in [-0.2, 0) is 14.3 Å². The average molecular weight is 889 g/mol. The van der Waals surface area contributed by atoms with Gasteiger partial charge in [0, 0.05) is 12.8 Å². The largest absolute Gasteiger partial charge is 0.466 e. The SMILES string of the molecule is CCCCCCCCCCCCCCCCCCCCCC/C=C/C(O)C(CO)NC(=O)CCCCC/C=C\CCCCCCCCOC(=O)CCCCCCCCCCCCC. The van der Waals surface area contributed by atoms with E-state index in [2.05, 4.69) is 31.3 Å². The van der Waals surface area contributed by atoms with Crippen molar-refractivity contribution in [1.82, 2.24) is 5.32 Å². The van der Waals surface area contributed by atoms with Gasteiger partial charge in [0.25, 0.3) is 0 Å². The average Bonchev–Trinajstić information content (AvgIpc) is 3.28. The number of aliphatic hydroxyl groups excluding tert-OH is 2. The Balaban J connectivity index is 3.53. The third-order valence-electron chi connectivity index (χ3n) is 13.0. The lowest BCUT2D eigenvalue weighted by molar-refractivity contribution is -0.143. The third kappa shape index (κ3) is 49.6. The van der Waals surface area contributed by atoms with E-state index in [-0.39, 0.29) is 18.5 Å². The molecule has 6 heteroatoms. The van der Waals surface area contributed by atoms with Crippen molar-refractivity contribution in [2.24, 2.45) is 0 Å². The molecule has 0 radical (unpaired) electrons. The van der Waals surface area contributed by atoms with E-state index in [1.54, 1.807) is 6.08 Å². The van der Waals surface area contributed by atoms with Crippen molar-refractivity contribution in [2.75, 3.05) is 13.2 Å². The molecule has 63 heavy (non-hydrogen) atoms. The second kappa shape index (κ2) is 53.0. The molecular weight excluding hydrogens is 779 g/mol. The van der Waals surface area contributed by atoms with Gasteiger partial charge in [-0.15, -0.1) is 0 Å². The zero-order valence-corrected chi connectivity index (χ0v) is 42.3. The Bertz CT molecular complexity index is 982. The summed E-state index contributed by atoms with van der Waals surface area (Å²) in [6.45, 7) is 4.87. The third-order valence-corrected chi connectivity index (χ3v) is 13.0. The topological polar surface area (TPSA) is 95.9 Å². The van der Waals surface area contributed by atoms with Crippen molar-refractivity contribution >= 4 is 11.9 Å². The number of esters is 1. The number of carbonyl (C=O) groups is 2. The molecule has 0 aliphatic carbocycles. The molecular formula is C57H109NO5. The molecule has 3 N–H and O–H groups in total. The highest BCUT2D eigenvalue weighted by atomic mass is 16.5. The number of unbranched alkanes of at least 4 members (excludes halogenated alkanes) is 39. The minimum atomic E-state index is -0.862. The summed E-state index contributed by atoms with van der Waals surface area (Å²) in [5.74, 6) is -0.109. The molecule has 2 unspecified atom stereocenters. The van der Waals surface area contributed by atoms with Crippen molar-refractivity contribution in [3.63, 3.8) is 0 Å². The van der Waals surface area contributed by atoms with Gasteiger partial charge in [-0.1, -0.05) is 256 Å². The summed E-state index contributed by atoms with van der Waals surface area (Å²) < 4.78 is 5.44. The molecule has 0 saturated heterocycles. The summed E-state index contributed by atoms with van der Waals surface area (Å²) in [6.07, 6.45) is 63.4. The Morgan fingerprint density at radius 1 is 0.429 bits per heavy atom. The van der Waals surface area contributed by atoms with Crippen molar-refractivity contribution in [3.05, 3.63) is 24.3 Å². The first-order chi connectivity index (χ1) is 31.0. The van der Waals surface area contributed by atoms with Gasteiger partial charge in [-0.3, -0.25) is 9.59 Å². The van der Waals surface area contributed by atoms with Crippen molar-refractivity contribution < 1.29 is 24.5 Å². The monoisotopic (exact) mass is 888 g/mol. The molecule has 6 nitrogen and oxygen atoms in total. The lowest BCUT2D eigenvalue weighted by atomic mass is 10.0. The molecule has 0 aliphatic rings. The van der Waals surface area contributed by atoms with Crippen LogP contribution < -0.4 is 5.32 Å². The van der Waals surface area contributed by atoms with Crippen molar-refractivity contribution in [1.29, 1.82) is 0 Å². The van der Waals surface area contributed by atoms with E-state index in [4.69, 9.17) is 4.74 Å². The summed E-state index contributed by atoms with van der Waals surface area (Å²) in [5, 5.41) is 23.1. The van der Waals surface area contributed by atoms with E-state index in [0.717, 1.165) is 70.6 Å². The number of allylic oxidation sites excluding steroid dienone is 3. The quantitative estimate of drug-likeness (QED) is 0.0321. The molecule has 0 fully saturated rings. The fourth-order valence-electron chi connectivity index (χ4n) is 8.63. The zero-order valence-electron chi connectivity index (χ0n) is 42.3. The second-order valence-electron chi connectivity index (χ2n) is 19.3. The lowest BCUT2D eigenvalue weighted by Gasteiger charge is -2.19. The summed E-state index contributed by atoms with van der Waals surface area (Å²) in [7, 11) is 0. The molecule has 0 spiro atoms. The van der Waals surface area contributed by atoms with E-state index in [9.17, 15) is 19.8 Å². The predicted molar refractivity (Wildman–Crippen MR) is 273 cm³/mol. The van der Waals surface area contributed by atoms with Crippen LogP contribution in [-0.4, -0.2) is 47.4 Å². The van der Waals surface area contributed by atoms with Gasteiger partial charge in [-0.25, -0.2) is 0 Å². The highest BCUT2D eigenvalue weighted by Crippen LogP contribution is 2.17. The zero-order chi connectivity index (χ0) is 45.8. The van der Waals surface area contributed by atoms with Gasteiger partial charge >= 0.3 is 5.97 Å². The first-order valence-electron chi connectivity index (χ1n) is 28.1. The highest BCUT2D eigenvalue weighted by molar-refractivity contribution is 5.76. The second-order valence-corrected chi connectivity index (χ2v) is 19.3. The van der Waals surface area contributed by atoms with Crippen LogP contribution in [0.4, 0.5) is 0 Å². The van der Waals surface area contributed by atoms with Gasteiger partial charge in [0.2, 0.25) is 5.91 Å². The van der Waals surface area contributed by atoms with E-state index in [0.29, 0.717) is 19.4 Å². The highest BCUT2D eigenvalue weighted by Gasteiger charge is 2.18. The van der Waals surface area contributed by atoms with Crippen LogP contribution in [0.25, 0.3) is 0 Å². The Labute approximate surface area is 392 Å². The molecule has 1 amide bonds. The lowest BCUT2D eigenvalue weighted by Crippen LogP contribution is -2.45. The maximum absolute atomic E-state index is 12.5. The number of amides is 1. The van der Waals surface area contributed by atoms with Gasteiger partial charge in [-0.05, 0) is 57.8 Å². The smallest absolute Gasteiger partial charge is 0.305 e. The molecule has 0 rings (SSSR count). The minimum Gasteiger partial charge on any atom is -0.466 e. The summed E-state index contributed by atoms with van der Waals surface area (Å²) >= 11 is 0. The van der Waals surface area contributed by atoms with E-state index >= 15 is 0 Å². The summed E-state index contributed by atoms with van der Waals surface area (Å²) in [4.78, 5) is 24.4. The van der Waals surface area contributed by atoms with Crippen LogP contribution in [0.3, 0.4) is 0 Å². The Kier molecular flexibility index (Phi) is 51.6. The number of hydrogen-bond acceptors (Lipinski definition) is 5. The van der Waals surface area contributed by atoms with Gasteiger partial charge in [0.15, 0.2) is 0 Å². The molecule has 0 bridgehead atoms. The molecule has 372 valence electrons. The van der Waals surface area contributed by atoms with Crippen LogP contribution >= 0.6 is 0 Å². The molecule has 0 saturated carbocycles. The number of aliphatic hydroxyl groups is 2. The van der Waals surface area contributed by atoms with E-state index in [1.165, 1.54) is 205 Å². The molecule has 0 heterocycles. The van der Waals surface area contributed by atoms with Crippen LogP contribution in [0.15, 0.2) is 24.3 Å². The molecule has 0 aliphatic heterocycles. The molecule has 0 aromatic carbocycles. The van der Waals surface area contributed by atoms with Crippen LogP contribution in [0.2, 0.25) is 0 Å². The fraction of sp³-hybridized carbons (Fsp3) is 0.895. The van der Waals surface area contributed by atoms with Crippen molar-refractivity contribution in [3.8, 4) is 0 Å². The standard InChI is InChI=1S/C57H109NO5/c1-3-5-7-9-11-13-15-16-17-18-19-20-21-22-23-24-26-30-33-37-41-45-49-55(60)54(53-59)58-56(61)50-46-42-38-34-31-27-25-28-32-36-40-44-48-52-63-57(62)51-47-43-39-35-29-14-12-10-8-6-4-2/h27,31,45,49,54-55,59-60H,3-26,28-30,32-44,46-48,50-53H2,1-2H3,(H,58,61)/b31-27-,49-45+. The maximum atomic E-state index is 12.5. The Morgan fingerprint density at radius 2 is 0.746 bits per heavy atom. The van der Waals surface area contributed by atoms with Gasteiger partial charge < -0.3 is 20.3 Å². The van der Waals surface area contributed by atoms with E-state index < -0.39 is 12.1 Å². The normalized spacial score (nSPS) is 12.8. The Hall–Kier alpha value is -1.66. The van der Waals surface area contributed by atoms with Crippen LogP contribution in [0.1, 0.15) is 303 Å². The molecule has 2 atom stereocenters. The fourth-order valence-corrected chi connectivity index (χ4v) is 8.63. The number of ether oxygens (including phenoxy) is 1. The van der Waals surface area contributed by atoms with Gasteiger partial charge in [0.1, 0.15) is 0 Å².